The Hall–Kier alpha value is -7.70. The number of carboxylic acid groups (broad SMARTS) is 2. The SMILES string of the molecule is COc1cc(C(=O)O)c(NC(=O)c2ccc(-n3ccnc3)nn2)cc1OCCCCOc1cc(NC(=O)c2ccc(-n3cccc3)nn2)c(C(=O)O)cc1F. The van der Waals surface area contributed by atoms with Crippen molar-refractivity contribution in [2.75, 3.05) is 31.0 Å². The van der Waals surface area contributed by atoms with E-state index in [2.05, 4.69) is 36.0 Å². The minimum Gasteiger partial charge on any atom is -0.493 e. The molecule has 0 fully saturated rings. The number of hydrogen-bond donors (Lipinski definition) is 4. The molecule has 4 heterocycles. The zero-order valence-corrected chi connectivity index (χ0v) is 28.7. The van der Waals surface area contributed by atoms with Gasteiger partial charge < -0.3 is 39.6 Å². The summed E-state index contributed by atoms with van der Waals surface area (Å²) in [6, 6.07) is 13.8. The molecule has 0 radical (unpaired) electrons. The van der Waals surface area contributed by atoms with Gasteiger partial charge in [0.2, 0.25) is 0 Å². The Labute approximate surface area is 310 Å². The summed E-state index contributed by atoms with van der Waals surface area (Å²) in [5, 5.41) is 40.2. The van der Waals surface area contributed by atoms with Crippen LogP contribution in [0.25, 0.3) is 11.6 Å². The summed E-state index contributed by atoms with van der Waals surface area (Å²) in [7, 11) is 1.33. The van der Waals surface area contributed by atoms with E-state index in [-0.39, 0.29) is 58.8 Å². The number of amides is 2. The number of ether oxygens (including phenoxy) is 3. The largest absolute Gasteiger partial charge is 0.493 e. The molecule has 0 bridgehead atoms. The molecular formula is C36H30FN9O9. The molecule has 0 aliphatic heterocycles. The molecule has 280 valence electrons. The Morgan fingerprint density at radius 1 is 0.691 bits per heavy atom. The van der Waals surface area contributed by atoms with E-state index in [0.29, 0.717) is 24.5 Å². The molecule has 0 aliphatic carbocycles. The number of carbonyl (C=O) groups is 4. The third-order valence-corrected chi connectivity index (χ3v) is 7.79. The molecule has 6 rings (SSSR count). The number of carboxylic acids is 2. The smallest absolute Gasteiger partial charge is 0.337 e. The molecule has 2 aromatic carbocycles. The average molecular weight is 752 g/mol. The Morgan fingerprint density at radius 2 is 1.24 bits per heavy atom. The number of rotatable bonds is 16. The van der Waals surface area contributed by atoms with Crippen molar-refractivity contribution in [1.82, 2.24) is 34.5 Å². The second kappa shape index (κ2) is 16.8. The third kappa shape index (κ3) is 8.85. The van der Waals surface area contributed by atoms with Gasteiger partial charge in [-0.2, -0.15) is 0 Å². The Bertz CT molecular complexity index is 2320. The van der Waals surface area contributed by atoms with Crippen molar-refractivity contribution >= 4 is 35.1 Å². The fraction of sp³-hybridized carbons (Fsp3) is 0.139. The number of aromatic nitrogens is 7. The van der Waals surface area contributed by atoms with Crippen molar-refractivity contribution in [3.05, 3.63) is 120 Å². The maximum absolute atomic E-state index is 14.9. The second-order valence-electron chi connectivity index (χ2n) is 11.4. The molecule has 6 aromatic rings. The average Bonchev–Trinajstić information content (AvgIpc) is 3.93. The van der Waals surface area contributed by atoms with Crippen LogP contribution in [0.5, 0.6) is 17.2 Å². The van der Waals surface area contributed by atoms with Gasteiger partial charge >= 0.3 is 11.9 Å². The summed E-state index contributed by atoms with van der Waals surface area (Å²) < 4.78 is 34.9. The number of carbonyl (C=O) groups excluding carboxylic acids is 2. The molecule has 0 unspecified atom stereocenters. The van der Waals surface area contributed by atoms with Gasteiger partial charge in [0, 0.05) is 43.0 Å². The Balaban J connectivity index is 1.05. The van der Waals surface area contributed by atoms with Crippen LogP contribution in [0, 0.1) is 5.82 Å². The fourth-order valence-electron chi connectivity index (χ4n) is 5.05. The standard InChI is InChI=1S/C36H30FN9O9/c1-53-29-17-22(36(51)52)27(40-34(48)25-7-9-32(44-42-25)46-13-10-38-20-46)19-30(29)55-15-5-4-14-54-28-18-26(21(35(49)50)16-23(28)37)39-33(47)24-6-8-31(43-41-24)45-11-2-3-12-45/h2-3,6-13,16-20H,4-5,14-15H2,1H3,(H,39,47)(H,40,48)(H,49,50)(H,51,52). The van der Waals surface area contributed by atoms with Gasteiger partial charge in [-0.05, 0) is 55.3 Å². The topological polar surface area (TPSA) is 235 Å². The number of methoxy groups -OCH3 is 1. The van der Waals surface area contributed by atoms with Crippen LogP contribution in [-0.4, -0.2) is 88.8 Å². The second-order valence-corrected chi connectivity index (χ2v) is 11.4. The minimum absolute atomic E-state index is 0.0243. The molecule has 0 atom stereocenters. The van der Waals surface area contributed by atoms with Crippen LogP contribution in [0.3, 0.4) is 0 Å². The molecule has 19 heteroatoms. The quantitative estimate of drug-likeness (QED) is 0.0995. The highest BCUT2D eigenvalue weighted by atomic mass is 19.1. The summed E-state index contributed by atoms with van der Waals surface area (Å²) >= 11 is 0. The minimum atomic E-state index is -1.48. The number of imidazole rings is 1. The van der Waals surface area contributed by atoms with Crippen LogP contribution < -0.4 is 24.8 Å². The predicted octanol–water partition coefficient (Wildman–Crippen LogP) is 4.53. The first-order valence-corrected chi connectivity index (χ1v) is 16.3. The Kier molecular flexibility index (Phi) is 11.3. The lowest BCUT2D eigenvalue weighted by Crippen LogP contribution is -2.17. The van der Waals surface area contributed by atoms with Crippen LogP contribution in [0.2, 0.25) is 0 Å². The van der Waals surface area contributed by atoms with Crippen LogP contribution in [0.1, 0.15) is 54.5 Å². The van der Waals surface area contributed by atoms with Gasteiger partial charge in [0.1, 0.15) is 6.33 Å². The van der Waals surface area contributed by atoms with Gasteiger partial charge in [-0.1, -0.05) is 0 Å². The fourth-order valence-corrected chi connectivity index (χ4v) is 5.05. The lowest BCUT2D eigenvalue weighted by Gasteiger charge is -2.15. The van der Waals surface area contributed by atoms with Crippen molar-refractivity contribution in [1.29, 1.82) is 0 Å². The first-order chi connectivity index (χ1) is 26.6. The maximum atomic E-state index is 14.9. The summed E-state index contributed by atoms with van der Waals surface area (Å²) in [6.45, 7) is 0.0517. The van der Waals surface area contributed by atoms with E-state index in [9.17, 15) is 33.8 Å². The number of hydrogen-bond acceptors (Lipinski definition) is 12. The lowest BCUT2D eigenvalue weighted by molar-refractivity contribution is 0.0686. The molecule has 55 heavy (non-hydrogen) atoms. The van der Waals surface area contributed by atoms with Crippen LogP contribution in [-0.2, 0) is 0 Å². The van der Waals surface area contributed by atoms with E-state index in [1.165, 1.54) is 37.7 Å². The number of anilines is 2. The highest BCUT2D eigenvalue weighted by Gasteiger charge is 2.21. The molecule has 0 saturated carbocycles. The van der Waals surface area contributed by atoms with E-state index in [4.69, 9.17) is 14.2 Å². The lowest BCUT2D eigenvalue weighted by atomic mass is 10.1. The number of benzene rings is 2. The first-order valence-electron chi connectivity index (χ1n) is 16.3. The van der Waals surface area contributed by atoms with Gasteiger partial charge in [0.25, 0.3) is 11.8 Å². The van der Waals surface area contributed by atoms with Crippen molar-refractivity contribution in [2.45, 2.75) is 12.8 Å². The van der Waals surface area contributed by atoms with E-state index < -0.39 is 35.1 Å². The zero-order chi connectivity index (χ0) is 38.9. The van der Waals surface area contributed by atoms with Crippen molar-refractivity contribution in [3.8, 4) is 28.9 Å². The summed E-state index contributed by atoms with van der Waals surface area (Å²) in [5.74, 6) is -4.46. The molecular weight excluding hydrogens is 721 g/mol. The Morgan fingerprint density at radius 3 is 1.75 bits per heavy atom. The van der Waals surface area contributed by atoms with Crippen molar-refractivity contribution in [2.24, 2.45) is 0 Å². The highest BCUT2D eigenvalue weighted by Crippen LogP contribution is 2.34. The molecule has 0 aliphatic rings. The van der Waals surface area contributed by atoms with E-state index in [0.717, 1.165) is 12.1 Å². The summed E-state index contributed by atoms with van der Waals surface area (Å²) in [4.78, 5) is 53.7. The predicted molar refractivity (Wildman–Crippen MR) is 190 cm³/mol. The van der Waals surface area contributed by atoms with Crippen LogP contribution >= 0.6 is 0 Å². The number of aromatic carboxylic acids is 2. The van der Waals surface area contributed by atoms with Gasteiger partial charge in [-0.25, -0.2) is 19.0 Å². The molecule has 4 aromatic heterocycles. The van der Waals surface area contributed by atoms with Gasteiger partial charge in [-0.15, -0.1) is 20.4 Å². The van der Waals surface area contributed by atoms with E-state index in [1.54, 1.807) is 58.2 Å². The van der Waals surface area contributed by atoms with E-state index >= 15 is 0 Å². The van der Waals surface area contributed by atoms with Gasteiger partial charge in [0.15, 0.2) is 46.1 Å². The van der Waals surface area contributed by atoms with Gasteiger partial charge in [0.05, 0.1) is 42.8 Å². The zero-order valence-electron chi connectivity index (χ0n) is 28.7. The van der Waals surface area contributed by atoms with E-state index in [1.807, 2.05) is 0 Å². The third-order valence-electron chi connectivity index (χ3n) is 7.79. The summed E-state index contributed by atoms with van der Waals surface area (Å²) in [5.41, 5.74) is -1.24. The number of halogens is 1. The van der Waals surface area contributed by atoms with Gasteiger partial charge in [-0.3, -0.25) is 14.2 Å². The van der Waals surface area contributed by atoms with Crippen LogP contribution in [0.15, 0.2) is 91.8 Å². The monoisotopic (exact) mass is 751 g/mol. The number of nitrogens with zero attached hydrogens (tertiary/aromatic N) is 7. The first kappa shape index (κ1) is 37.1. The number of nitrogens with one attached hydrogen (secondary N) is 2. The molecule has 2 amide bonds. The number of unbranched alkanes of at least 4 members (excludes halogenated alkanes) is 1. The maximum Gasteiger partial charge on any atom is 0.337 e. The molecule has 18 nitrogen and oxygen atoms in total. The van der Waals surface area contributed by atoms with Crippen molar-refractivity contribution in [3.63, 3.8) is 0 Å². The molecule has 4 N–H and O–H groups in total. The molecule has 0 spiro atoms. The molecule has 0 saturated heterocycles. The van der Waals surface area contributed by atoms with Crippen molar-refractivity contribution < 1.29 is 48.0 Å². The normalized spacial score (nSPS) is 10.7. The van der Waals surface area contributed by atoms with Crippen LogP contribution in [0.4, 0.5) is 15.8 Å². The summed E-state index contributed by atoms with van der Waals surface area (Å²) in [6.07, 6.45) is 8.91. The highest BCUT2D eigenvalue weighted by molar-refractivity contribution is 6.08.